The van der Waals surface area contributed by atoms with Gasteiger partial charge in [0.25, 0.3) is 5.91 Å². The van der Waals surface area contributed by atoms with Crippen molar-refractivity contribution in [1.29, 1.82) is 0 Å². The molecule has 7 nitrogen and oxygen atoms in total. The van der Waals surface area contributed by atoms with Gasteiger partial charge < -0.3 is 19.5 Å². The van der Waals surface area contributed by atoms with Crippen LogP contribution in [0.15, 0.2) is 42.5 Å². The van der Waals surface area contributed by atoms with Crippen LogP contribution in [0.2, 0.25) is 5.02 Å². The number of carbonyl (C=O) groups is 3. The molecule has 0 saturated heterocycles. The van der Waals surface area contributed by atoms with Crippen LogP contribution in [0.3, 0.4) is 0 Å². The van der Waals surface area contributed by atoms with Crippen LogP contribution in [0.5, 0.6) is 11.5 Å². The smallest absolute Gasteiger partial charge is 0.344 e. The van der Waals surface area contributed by atoms with Gasteiger partial charge in [0.15, 0.2) is 24.2 Å². The van der Waals surface area contributed by atoms with Crippen molar-refractivity contribution in [1.82, 2.24) is 0 Å². The molecule has 0 saturated carbocycles. The van der Waals surface area contributed by atoms with E-state index in [-0.39, 0.29) is 5.75 Å². The summed E-state index contributed by atoms with van der Waals surface area (Å²) in [5.41, 5.74) is 0.829. The van der Waals surface area contributed by atoms with Gasteiger partial charge in [0.2, 0.25) is 0 Å². The minimum Gasteiger partial charge on any atom is -0.493 e. The zero-order valence-corrected chi connectivity index (χ0v) is 15.5. The number of esters is 1. The van der Waals surface area contributed by atoms with Gasteiger partial charge in [-0.15, -0.1) is 0 Å². The van der Waals surface area contributed by atoms with Crippen LogP contribution in [-0.4, -0.2) is 38.0 Å². The topological polar surface area (TPSA) is 90.9 Å². The Morgan fingerprint density at radius 1 is 1.19 bits per heavy atom. The van der Waals surface area contributed by atoms with Crippen LogP contribution < -0.4 is 14.8 Å². The Balaban J connectivity index is 1.89. The monoisotopic (exact) mass is 391 g/mol. The molecule has 0 aliphatic heterocycles. The summed E-state index contributed by atoms with van der Waals surface area (Å²) >= 11 is 5.97. The molecule has 0 spiro atoms. The van der Waals surface area contributed by atoms with Crippen molar-refractivity contribution < 1.29 is 28.6 Å². The lowest BCUT2D eigenvalue weighted by atomic mass is 10.2. The second kappa shape index (κ2) is 9.59. The number of nitrogens with one attached hydrogen (secondary N) is 1. The molecule has 2 aromatic rings. The van der Waals surface area contributed by atoms with Gasteiger partial charge in [-0.2, -0.15) is 0 Å². The molecule has 0 unspecified atom stereocenters. The highest BCUT2D eigenvalue weighted by molar-refractivity contribution is 6.33. The first-order valence-electron chi connectivity index (χ1n) is 7.95. The number of benzene rings is 2. The predicted molar refractivity (Wildman–Crippen MR) is 99.5 cm³/mol. The zero-order valence-electron chi connectivity index (χ0n) is 14.7. The number of hydrogen-bond acceptors (Lipinski definition) is 6. The summed E-state index contributed by atoms with van der Waals surface area (Å²) in [6.45, 7) is 1.00. The van der Waals surface area contributed by atoms with Crippen LogP contribution in [0.25, 0.3) is 0 Å². The zero-order chi connectivity index (χ0) is 19.8. The van der Waals surface area contributed by atoms with Gasteiger partial charge in [-0.05, 0) is 37.3 Å². The number of rotatable bonds is 8. The number of para-hydroxylation sites is 1. The van der Waals surface area contributed by atoms with E-state index in [1.165, 1.54) is 32.2 Å². The quantitative estimate of drug-likeness (QED) is 0.549. The van der Waals surface area contributed by atoms with Gasteiger partial charge in [0.05, 0.1) is 17.8 Å². The van der Waals surface area contributed by atoms with Crippen LogP contribution in [0.1, 0.15) is 17.3 Å². The number of aldehydes is 1. The third kappa shape index (κ3) is 5.72. The van der Waals surface area contributed by atoms with Crippen molar-refractivity contribution in [3.05, 3.63) is 53.1 Å². The lowest BCUT2D eigenvalue weighted by molar-refractivity contribution is -0.155. The molecule has 1 N–H and O–H groups in total. The van der Waals surface area contributed by atoms with Crippen molar-refractivity contribution >= 4 is 35.5 Å². The lowest BCUT2D eigenvalue weighted by Gasteiger charge is -2.15. The van der Waals surface area contributed by atoms with Gasteiger partial charge in [-0.3, -0.25) is 9.59 Å². The van der Waals surface area contributed by atoms with E-state index < -0.39 is 24.6 Å². The first-order chi connectivity index (χ1) is 12.9. The van der Waals surface area contributed by atoms with Crippen molar-refractivity contribution in [3.63, 3.8) is 0 Å². The molecule has 1 amide bonds. The van der Waals surface area contributed by atoms with Crippen LogP contribution in [0.4, 0.5) is 5.69 Å². The Bertz CT molecular complexity index is 839. The van der Waals surface area contributed by atoms with E-state index in [9.17, 15) is 14.4 Å². The number of hydrogen-bond donors (Lipinski definition) is 1. The van der Waals surface area contributed by atoms with E-state index in [1.807, 2.05) is 0 Å². The number of halogens is 1. The van der Waals surface area contributed by atoms with Gasteiger partial charge in [0, 0.05) is 5.56 Å². The predicted octanol–water partition coefficient (Wildman–Crippen LogP) is 3.11. The molecule has 1 atom stereocenters. The molecule has 2 rings (SSSR count). The summed E-state index contributed by atoms with van der Waals surface area (Å²) in [5.74, 6) is -0.687. The maximum atomic E-state index is 12.1. The maximum absolute atomic E-state index is 12.1. The Morgan fingerprint density at radius 2 is 1.93 bits per heavy atom. The van der Waals surface area contributed by atoms with Gasteiger partial charge in [-0.25, -0.2) is 4.79 Å². The third-order valence-electron chi connectivity index (χ3n) is 3.48. The Labute approximate surface area is 161 Å². The minimum absolute atomic E-state index is 0.272. The normalized spacial score (nSPS) is 11.2. The lowest BCUT2D eigenvalue weighted by Crippen LogP contribution is -2.31. The number of ether oxygens (including phenoxy) is 3. The van der Waals surface area contributed by atoms with Crippen LogP contribution in [-0.2, 0) is 14.3 Å². The van der Waals surface area contributed by atoms with Gasteiger partial charge in [0.1, 0.15) is 6.29 Å². The Hall–Kier alpha value is -3.06. The Kier molecular flexibility index (Phi) is 7.19. The number of anilines is 1. The van der Waals surface area contributed by atoms with Crippen molar-refractivity contribution in [2.24, 2.45) is 0 Å². The fraction of sp³-hybridized carbons (Fsp3) is 0.211. The molecule has 0 aromatic heterocycles. The molecule has 2 aromatic carbocycles. The number of carbonyl (C=O) groups excluding carboxylic acids is 3. The van der Waals surface area contributed by atoms with E-state index >= 15 is 0 Å². The average Bonchev–Trinajstić information content (AvgIpc) is 2.67. The number of amides is 1. The molecule has 0 fully saturated rings. The first kappa shape index (κ1) is 20.3. The molecule has 0 bridgehead atoms. The van der Waals surface area contributed by atoms with Crippen LogP contribution in [0, 0.1) is 0 Å². The van der Waals surface area contributed by atoms with E-state index in [0.717, 1.165) is 0 Å². The summed E-state index contributed by atoms with van der Waals surface area (Å²) in [6, 6.07) is 11.2. The van der Waals surface area contributed by atoms with E-state index in [0.29, 0.717) is 28.3 Å². The highest BCUT2D eigenvalue weighted by Crippen LogP contribution is 2.27. The molecule has 0 radical (unpaired) electrons. The molecule has 0 aliphatic rings. The molecule has 142 valence electrons. The van der Waals surface area contributed by atoms with Crippen LogP contribution >= 0.6 is 11.6 Å². The maximum Gasteiger partial charge on any atom is 0.344 e. The van der Waals surface area contributed by atoms with E-state index in [2.05, 4.69) is 5.32 Å². The molecule has 0 heterocycles. The highest BCUT2D eigenvalue weighted by Gasteiger charge is 2.19. The first-order valence-corrected chi connectivity index (χ1v) is 8.33. The molecular weight excluding hydrogens is 374 g/mol. The second-order valence-electron chi connectivity index (χ2n) is 5.42. The van der Waals surface area contributed by atoms with Gasteiger partial charge >= 0.3 is 5.97 Å². The highest BCUT2D eigenvalue weighted by atomic mass is 35.5. The summed E-state index contributed by atoms with van der Waals surface area (Å²) in [4.78, 5) is 34.8. The molecule has 8 heteroatoms. The SMILES string of the molecule is COc1cc(C=O)ccc1OCC(=O)O[C@@H](C)C(=O)Nc1ccccc1Cl. The summed E-state index contributed by atoms with van der Waals surface area (Å²) in [5, 5.41) is 2.95. The average molecular weight is 392 g/mol. The number of methoxy groups -OCH3 is 1. The summed E-state index contributed by atoms with van der Waals surface area (Å²) in [7, 11) is 1.41. The summed E-state index contributed by atoms with van der Waals surface area (Å²) in [6.07, 6.45) is -0.378. The fourth-order valence-corrected chi connectivity index (χ4v) is 2.28. The van der Waals surface area contributed by atoms with E-state index in [4.69, 9.17) is 25.8 Å². The van der Waals surface area contributed by atoms with Crippen molar-refractivity contribution in [3.8, 4) is 11.5 Å². The van der Waals surface area contributed by atoms with Crippen molar-refractivity contribution in [2.45, 2.75) is 13.0 Å². The minimum atomic E-state index is -1.04. The molecule has 0 aliphatic carbocycles. The Morgan fingerprint density at radius 3 is 2.59 bits per heavy atom. The molecular formula is C19H18ClNO6. The third-order valence-corrected chi connectivity index (χ3v) is 3.81. The molecule has 27 heavy (non-hydrogen) atoms. The van der Waals surface area contributed by atoms with E-state index in [1.54, 1.807) is 24.3 Å². The fourth-order valence-electron chi connectivity index (χ4n) is 2.10. The second-order valence-corrected chi connectivity index (χ2v) is 5.83. The largest absolute Gasteiger partial charge is 0.493 e. The summed E-state index contributed by atoms with van der Waals surface area (Å²) < 4.78 is 15.5. The standard InChI is InChI=1S/C19H18ClNO6/c1-12(19(24)21-15-6-4-3-5-14(15)20)27-18(23)11-26-16-8-7-13(10-22)9-17(16)25-2/h3-10,12H,11H2,1-2H3,(H,21,24)/t12-/m0/s1. The van der Waals surface area contributed by atoms with Crippen molar-refractivity contribution in [2.75, 3.05) is 19.0 Å². The van der Waals surface area contributed by atoms with Gasteiger partial charge in [-0.1, -0.05) is 23.7 Å².